The third kappa shape index (κ3) is 2.61. The van der Waals surface area contributed by atoms with E-state index < -0.39 is 28.8 Å². The lowest BCUT2D eigenvalue weighted by Crippen LogP contribution is -2.42. The fraction of sp³-hybridized carbons (Fsp3) is 0.286. The normalized spacial score (nSPS) is 22.0. The maximum atomic E-state index is 14.8. The molecule has 2 bridgehead atoms. The largest absolute Gasteiger partial charge is 0.363 e. The minimum Gasteiger partial charge on any atom is -0.363 e. The van der Waals surface area contributed by atoms with Crippen molar-refractivity contribution in [1.29, 1.82) is 0 Å². The lowest BCUT2D eigenvalue weighted by molar-refractivity contribution is 0.0989. The molecule has 0 spiro atoms. The molecule has 1 saturated carbocycles. The van der Waals surface area contributed by atoms with Crippen LogP contribution in [0, 0.1) is 17.5 Å². The van der Waals surface area contributed by atoms with E-state index in [1.54, 1.807) is 6.07 Å². The molecule has 6 nitrogen and oxygen atoms in total. The first-order valence-corrected chi connectivity index (χ1v) is 9.56. The summed E-state index contributed by atoms with van der Waals surface area (Å²) in [5.41, 5.74) is 5.60. The van der Waals surface area contributed by atoms with Crippen molar-refractivity contribution in [3.8, 4) is 11.3 Å². The number of benzene rings is 1. The second-order valence-electron chi connectivity index (χ2n) is 7.74. The molecule has 6 rings (SSSR count). The number of carbonyl (C=O) groups is 1. The van der Waals surface area contributed by atoms with Gasteiger partial charge in [-0.05, 0) is 55.4 Å². The van der Waals surface area contributed by atoms with Crippen LogP contribution in [-0.2, 0) is 5.41 Å². The van der Waals surface area contributed by atoms with E-state index in [-0.39, 0.29) is 28.7 Å². The number of hydrogen-bond acceptors (Lipinski definition) is 5. The molecule has 2 N–H and O–H groups in total. The second-order valence-corrected chi connectivity index (χ2v) is 7.74. The molecule has 0 radical (unpaired) electrons. The van der Waals surface area contributed by atoms with E-state index in [4.69, 9.17) is 5.73 Å². The lowest BCUT2D eigenvalue weighted by atomic mass is 9.58. The third-order valence-corrected chi connectivity index (χ3v) is 6.19. The molecule has 152 valence electrons. The van der Waals surface area contributed by atoms with Crippen molar-refractivity contribution in [3.05, 3.63) is 70.7 Å². The van der Waals surface area contributed by atoms with Gasteiger partial charge in [0.2, 0.25) is 5.82 Å². The van der Waals surface area contributed by atoms with Crippen molar-refractivity contribution in [1.82, 2.24) is 20.2 Å². The molecule has 3 aromatic rings. The summed E-state index contributed by atoms with van der Waals surface area (Å²) in [6.45, 7) is 0. The van der Waals surface area contributed by atoms with Gasteiger partial charge in [-0.25, -0.2) is 23.1 Å². The number of hydrogen-bond donors (Lipinski definition) is 1. The van der Waals surface area contributed by atoms with Crippen LogP contribution < -0.4 is 5.73 Å². The number of fused-ring (bicyclic) bond motifs is 2. The van der Waals surface area contributed by atoms with Gasteiger partial charge in [-0.2, -0.15) is 5.10 Å². The summed E-state index contributed by atoms with van der Waals surface area (Å²) in [5, 5.41) is 8.37. The molecule has 30 heavy (non-hydrogen) atoms. The smallest absolute Gasteiger partial charge is 0.286 e. The van der Waals surface area contributed by atoms with Gasteiger partial charge >= 0.3 is 0 Å². The molecule has 9 heteroatoms. The summed E-state index contributed by atoms with van der Waals surface area (Å²) < 4.78 is 43.3. The predicted octanol–water partition coefficient (Wildman–Crippen LogP) is 3.41. The summed E-state index contributed by atoms with van der Waals surface area (Å²) in [5.74, 6) is -3.11. The average molecular weight is 411 g/mol. The van der Waals surface area contributed by atoms with Crippen LogP contribution in [0.2, 0.25) is 0 Å². The van der Waals surface area contributed by atoms with Crippen molar-refractivity contribution in [2.75, 3.05) is 0 Å². The first-order valence-electron chi connectivity index (χ1n) is 9.56. The number of amides is 1. The summed E-state index contributed by atoms with van der Waals surface area (Å²) in [6, 6.07) is 5.24. The highest BCUT2D eigenvalue weighted by molar-refractivity contribution is 5.88. The molecular formula is C21H16F3N5O. The molecule has 2 aromatic heterocycles. The van der Waals surface area contributed by atoms with Crippen LogP contribution in [0.4, 0.5) is 13.2 Å². The highest BCUT2D eigenvalue weighted by atomic mass is 19.1. The lowest BCUT2D eigenvalue weighted by Gasteiger charge is -2.46. The monoisotopic (exact) mass is 411 g/mol. The summed E-state index contributed by atoms with van der Waals surface area (Å²) in [7, 11) is 0. The number of aromatic nitrogens is 4. The number of primary amides is 1. The van der Waals surface area contributed by atoms with Crippen LogP contribution in [0.1, 0.15) is 59.2 Å². The van der Waals surface area contributed by atoms with Gasteiger partial charge in [0.1, 0.15) is 11.6 Å². The topological polar surface area (TPSA) is 94.7 Å². The van der Waals surface area contributed by atoms with Crippen LogP contribution in [-0.4, -0.2) is 26.1 Å². The van der Waals surface area contributed by atoms with Crippen LogP contribution in [0.15, 0.2) is 30.5 Å². The highest BCUT2D eigenvalue weighted by Gasteiger charge is 2.50. The number of carbonyl (C=O) groups excluding carboxylic acids is 1. The van der Waals surface area contributed by atoms with E-state index >= 15 is 0 Å². The van der Waals surface area contributed by atoms with Gasteiger partial charge in [0, 0.05) is 0 Å². The van der Waals surface area contributed by atoms with Crippen LogP contribution >= 0.6 is 0 Å². The van der Waals surface area contributed by atoms with Crippen LogP contribution in [0.3, 0.4) is 0 Å². The second kappa shape index (κ2) is 6.58. The Hall–Kier alpha value is -3.36. The molecule has 1 amide bonds. The van der Waals surface area contributed by atoms with Gasteiger partial charge in [0.05, 0.1) is 34.3 Å². The van der Waals surface area contributed by atoms with Crippen LogP contribution in [0.5, 0.6) is 0 Å². The fourth-order valence-electron chi connectivity index (χ4n) is 4.78. The Kier molecular flexibility index (Phi) is 4.09. The van der Waals surface area contributed by atoms with E-state index in [0.717, 1.165) is 36.7 Å². The molecule has 1 aromatic carbocycles. The summed E-state index contributed by atoms with van der Waals surface area (Å²) in [6.07, 6.45) is 3.53. The first kappa shape index (κ1) is 18.7. The molecule has 1 fully saturated rings. The molecule has 3 aliphatic carbocycles. The SMILES string of the molecule is NC(=O)c1ncc(F)c([C@]23CC[C@H](CC2)c2cc(-c4c(F)cccc4F)nnc23)n1. The summed E-state index contributed by atoms with van der Waals surface area (Å²) in [4.78, 5) is 19.3. The molecular weight excluding hydrogens is 395 g/mol. The maximum Gasteiger partial charge on any atom is 0.286 e. The molecule has 0 aliphatic heterocycles. The van der Waals surface area contributed by atoms with E-state index in [1.807, 2.05) is 0 Å². The van der Waals surface area contributed by atoms with Crippen molar-refractivity contribution in [3.63, 3.8) is 0 Å². The zero-order chi connectivity index (χ0) is 21.0. The standard InChI is InChI=1S/C21H16F3N5O/c22-12-2-1-3-13(23)16(12)15-8-11-10-4-6-21(7-5-10,17(11)29-28-15)18-14(24)9-26-20(27-18)19(25)30/h1-3,8-10H,4-7H2,(H2,25,30)/t10-,21-. The van der Waals surface area contributed by atoms with Gasteiger partial charge in [0.25, 0.3) is 5.91 Å². The Morgan fingerprint density at radius 3 is 2.40 bits per heavy atom. The average Bonchev–Trinajstić information content (AvgIpc) is 2.74. The Morgan fingerprint density at radius 1 is 1.03 bits per heavy atom. The van der Waals surface area contributed by atoms with E-state index in [1.165, 1.54) is 6.07 Å². The van der Waals surface area contributed by atoms with Gasteiger partial charge in [-0.3, -0.25) is 4.79 Å². The van der Waals surface area contributed by atoms with E-state index in [2.05, 4.69) is 20.2 Å². The number of rotatable bonds is 3. The minimum atomic E-state index is -0.888. The van der Waals surface area contributed by atoms with Crippen molar-refractivity contribution in [2.45, 2.75) is 37.0 Å². The zero-order valence-corrected chi connectivity index (χ0v) is 15.7. The Bertz CT molecular complexity index is 1170. The number of halogens is 3. The highest BCUT2D eigenvalue weighted by Crippen LogP contribution is 2.55. The van der Waals surface area contributed by atoms with Crippen molar-refractivity contribution < 1.29 is 18.0 Å². The molecule has 2 heterocycles. The number of nitrogens with two attached hydrogens (primary N) is 1. The first-order chi connectivity index (χ1) is 14.4. The van der Waals surface area contributed by atoms with Gasteiger partial charge in [0.15, 0.2) is 5.82 Å². The van der Waals surface area contributed by atoms with Gasteiger partial charge in [-0.15, -0.1) is 5.10 Å². The zero-order valence-electron chi connectivity index (χ0n) is 15.7. The Balaban J connectivity index is 1.70. The maximum absolute atomic E-state index is 14.8. The molecule has 3 aliphatic rings. The quantitative estimate of drug-likeness (QED) is 0.713. The van der Waals surface area contributed by atoms with Crippen molar-refractivity contribution in [2.24, 2.45) is 5.73 Å². The number of nitrogens with zero attached hydrogens (tertiary/aromatic N) is 4. The molecule has 0 saturated heterocycles. The van der Waals surface area contributed by atoms with E-state index in [9.17, 15) is 18.0 Å². The minimum absolute atomic E-state index is 0.0600. The van der Waals surface area contributed by atoms with E-state index in [0.29, 0.717) is 18.5 Å². The van der Waals surface area contributed by atoms with Gasteiger partial charge < -0.3 is 5.73 Å². The predicted molar refractivity (Wildman–Crippen MR) is 99.9 cm³/mol. The Morgan fingerprint density at radius 2 is 1.73 bits per heavy atom. The summed E-state index contributed by atoms with van der Waals surface area (Å²) >= 11 is 0. The molecule has 0 atom stereocenters. The van der Waals surface area contributed by atoms with Crippen LogP contribution in [0.25, 0.3) is 11.3 Å². The Labute approximate surface area is 169 Å². The third-order valence-electron chi connectivity index (χ3n) is 6.19. The fourth-order valence-corrected chi connectivity index (χ4v) is 4.78. The van der Waals surface area contributed by atoms with Crippen molar-refractivity contribution >= 4 is 5.91 Å². The molecule has 0 unspecified atom stereocenters. The van der Waals surface area contributed by atoms with Gasteiger partial charge in [-0.1, -0.05) is 6.07 Å².